The first-order valence-corrected chi connectivity index (χ1v) is 4.55. The van der Waals surface area contributed by atoms with Crippen LogP contribution in [-0.2, 0) is 5.67 Å². The molecule has 0 aliphatic rings. The maximum Gasteiger partial charge on any atom is 0.132 e. The number of aromatic amines is 1. The third-order valence-electron chi connectivity index (χ3n) is 2.39. The summed E-state index contributed by atoms with van der Waals surface area (Å²) in [5.41, 5.74) is 6.53. The largest absolute Gasteiger partial charge is 0.397 e. The molecule has 2 aromatic rings. The van der Waals surface area contributed by atoms with Crippen molar-refractivity contribution >= 4 is 16.6 Å². The number of para-hydroxylation sites is 1. The Morgan fingerprint density at radius 3 is 2.71 bits per heavy atom. The lowest BCUT2D eigenvalue weighted by Gasteiger charge is -2.12. The van der Waals surface area contributed by atoms with Gasteiger partial charge in [-0.15, -0.1) is 0 Å². The molecule has 3 heteroatoms. The molecule has 0 amide bonds. The first-order valence-electron chi connectivity index (χ1n) is 4.55. The van der Waals surface area contributed by atoms with E-state index in [9.17, 15) is 4.39 Å². The number of hydrogen-bond donors (Lipinski definition) is 2. The summed E-state index contributed by atoms with van der Waals surface area (Å²) in [7, 11) is 0. The Bertz CT molecular complexity index is 466. The van der Waals surface area contributed by atoms with Crippen LogP contribution in [0.15, 0.2) is 24.4 Å². The van der Waals surface area contributed by atoms with Crippen molar-refractivity contribution in [2.45, 2.75) is 19.5 Å². The van der Waals surface area contributed by atoms with Crippen LogP contribution in [0, 0.1) is 0 Å². The Morgan fingerprint density at radius 1 is 1.36 bits per heavy atom. The predicted octanol–water partition coefficient (Wildman–Crippen LogP) is 2.95. The van der Waals surface area contributed by atoms with E-state index in [-0.39, 0.29) is 0 Å². The van der Waals surface area contributed by atoms with Crippen LogP contribution in [0.2, 0.25) is 0 Å². The number of alkyl halides is 1. The van der Waals surface area contributed by atoms with Gasteiger partial charge < -0.3 is 10.7 Å². The Balaban J connectivity index is 2.76. The van der Waals surface area contributed by atoms with Crippen molar-refractivity contribution in [1.82, 2.24) is 4.98 Å². The average molecular weight is 192 g/mol. The quantitative estimate of drug-likeness (QED) is 0.670. The SMILES string of the molecule is CC(C)(F)c1c[nH]c2c(N)cccc12. The normalized spacial score (nSPS) is 12.2. The molecule has 2 nitrogen and oxygen atoms in total. The van der Waals surface area contributed by atoms with E-state index < -0.39 is 5.67 Å². The van der Waals surface area contributed by atoms with Crippen LogP contribution in [0.5, 0.6) is 0 Å². The Kier molecular flexibility index (Phi) is 1.77. The number of H-pyrrole nitrogens is 1. The molecule has 2 rings (SSSR count). The van der Waals surface area contributed by atoms with Gasteiger partial charge in [-0.1, -0.05) is 12.1 Å². The van der Waals surface area contributed by atoms with Gasteiger partial charge in [0, 0.05) is 17.1 Å². The molecule has 0 bridgehead atoms. The van der Waals surface area contributed by atoms with Crippen LogP contribution in [0.4, 0.5) is 10.1 Å². The van der Waals surface area contributed by atoms with Gasteiger partial charge in [0.2, 0.25) is 0 Å². The van der Waals surface area contributed by atoms with Gasteiger partial charge in [-0.05, 0) is 19.9 Å². The van der Waals surface area contributed by atoms with Crippen LogP contribution < -0.4 is 5.73 Å². The number of nitrogen functional groups attached to an aromatic ring is 1. The molecule has 0 radical (unpaired) electrons. The molecule has 0 spiro atoms. The summed E-state index contributed by atoms with van der Waals surface area (Å²) in [5.74, 6) is 0. The highest BCUT2D eigenvalue weighted by atomic mass is 19.1. The van der Waals surface area contributed by atoms with Gasteiger partial charge in [-0.2, -0.15) is 0 Å². The van der Waals surface area contributed by atoms with E-state index in [1.165, 1.54) is 0 Å². The number of benzene rings is 1. The Labute approximate surface area is 81.9 Å². The lowest BCUT2D eigenvalue weighted by Crippen LogP contribution is -2.07. The van der Waals surface area contributed by atoms with Crippen LogP contribution in [0.3, 0.4) is 0 Å². The zero-order chi connectivity index (χ0) is 10.3. The average Bonchev–Trinajstić information content (AvgIpc) is 2.47. The number of aromatic nitrogens is 1. The van der Waals surface area contributed by atoms with Crippen molar-refractivity contribution in [2.24, 2.45) is 0 Å². The maximum absolute atomic E-state index is 13.8. The molecule has 0 aliphatic carbocycles. The number of nitrogens with two attached hydrogens (primary N) is 1. The molecule has 1 heterocycles. The van der Waals surface area contributed by atoms with Gasteiger partial charge in [0.05, 0.1) is 11.2 Å². The number of rotatable bonds is 1. The van der Waals surface area contributed by atoms with Crippen molar-refractivity contribution in [2.75, 3.05) is 5.73 Å². The van der Waals surface area contributed by atoms with Gasteiger partial charge in [0.15, 0.2) is 0 Å². The zero-order valence-corrected chi connectivity index (χ0v) is 8.26. The maximum atomic E-state index is 13.8. The molecule has 14 heavy (non-hydrogen) atoms. The van der Waals surface area contributed by atoms with Gasteiger partial charge in [-0.25, -0.2) is 4.39 Å². The highest BCUT2D eigenvalue weighted by molar-refractivity contribution is 5.92. The summed E-state index contributed by atoms with van der Waals surface area (Å²) in [4.78, 5) is 3.00. The van der Waals surface area contributed by atoms with Crippen LogP contribution in [0.25, 0.3) is 10.9 Å². The van der Waals surface area contributed by atoms with Crippen molar-refractivity contribution in [1.29, 1.82) is 0 Å². The predicted molar refractivity (Wildman–Crippen MR) is 56.8 cm³/mol. The third kappa shape index (κ3) is 1.25. The van der Waals surface area contributed by atoms with E-state index in [1.807, 2.05) is 12.1 Å². The summed E-state index contributed by atoms with van der Waals surface area (Å²) >= 11 is 0. The Hall–Kier alpha value is -1.51. The highest BCUT2D eigenvalue weighted by Gasteiger charge is 2.22. The molecule has 0 atom stereocenters. The molecule has 1 aromatic heterocycles. The summed E-state index contributed by atoms with van der Waals surface area (Å²) < 4.78 is 13.8. The van der Waals surface area contributed by atoms with E-state index in [0.29, 0.717) is 11.3 Å². The van der Waals surface area contributed by atoms with Crippen LogP contribution in [0.1, 0.15) is 19.4 Å². The number of hydrogen-bond acceptors (Lipinski definition) is 1. The highest BCUT2D eigenvalue weighted by Crippen LogP contribution is 2.33. The minimum atomic E-state index is -1.34. The second-order valence-corrected chi connectivity index (χ2v) is 3.94. The molecule has 3 N–H and O–H groups in total. The number of nitrogens with one attached hydrogen (secondary N) is 1. The van der Waals surface area contributed by atoms with Gasteiger partial charge in [0.1, 0.15) is 5.67 Å². The summed E-state index contributed by atoms with van der Waals surface area (Å²) in [6.07, 6.45) is 1.68. The number of anilines is 1. The molecule has 0 fully saturated rings. The van der Waals surface area contributed by atoms with Gasteiger partial charge in [-0.3, -0.25) is 0 Å². The smallest absolute Gasteiger partial charge is 0.132 e. The van der Waals surface area contributed by atoms with E-state index in [1.54, 1.807) is 26.1 Å². The Morgan fingerprint density at radius 2 is 2.07 bits per heavy atom. The zero-order valence-electron chi connectivity index (χ0n) is 8.26. The molecule has 1 aromatic carbocycles. The first kappa shape index (κ1) is 9.06. The topological polar surface area (TPSA) is 41.8 Å². The molecule has 0 unspecified atom stereocenters. The van der Waals surface area contributed by atoms with E-state index in [4.69, 9.17) is 5.73 Å². The van der Waals surface area contributed by atoms with Crippen molar-refractivity contribution in [3.05, 3.63) is 30.0 Å². The lowest BCUT2D eigenvalue weighted by atomic mass is 9.99. The lowest BCUT2D eigenvalue weighted by molar-refractivity contribution is 0.224. The summed E-state index contributed by atoms with van der Waals surface area (Å²) in [5, 5.41) is 0.859. The van der Waals surface area contributed by atoms with Crippen LogP contribution in [-0.4, -0.2) is 4.98 Å². The minimum Gasteiger partial charge on any atom is -0.397 e. The van der Waals surface area contributed by atoms with E-state index in [0.717, 1.165) is 10.9 Å². The fourth-order valence-corrected chi connectivity index (χ4v) is 1.67. The van der Waals surface area contributed by atoms with Crippen molar-refractivity contribution < 1.29 is 4.39 Å². The summed E-state index contributed by atoms with van der Waals surface area (Å²) in [6, 6.07) is 5.51. The fraction of sp³-hybridized carbons (Fsp3) is 0.273. The molecule has 0 aliphatic heterocycles. The molecule has 74 valence electrons. The number of fused-ring (bicyclic) bond motifs is 1. The third-order valence-corrected chi connectivity index (χ3v) is 2.39. The van der Waals surface area contributed by atoms with Gasteiger partial charge in [0.25, 0.3) is 0 Å². The number of halogens is 1. The monoisotopic (exact) mass is 192 g/mol. The fourth-order valence-electron chi connectivity index (χ4n) is 1.67. The van der Waals surface area contributed by atoms with E-state index in [2.05, 4.69) is 4.98 Å². The van der Waals surface area contributed by atoms with E-state index >= 15 is 0 Å². The second kappa shape index (κ2) is 2.74. The van der Waals surface area contributed by atoms with Gasteiger partial charge >= 0.3 is 0 Å². The standard InChI is InChI=1S/C11H13FN2/c1-11(2,12)8-6-14-10-7(8)4-3-5-9(10)13/h3-6,14H,13H2,1-2H3. The van der Waals surface area contributed by atoms with Crippen molar-refractivity contribution in [3.63, 3.8) is 0 Å². The molecular formula is C11H13FN2. The summed E-state index contributed by atoms with van der Waals surface area (Å²) in [6.45, 7) is 3.08. The molecule has 0 saturated carbocycles. The molecular weight excluding hydrogens is 179 g/mol. The first-order chi connectivity index (χ1) is 6.50. The second-order valence-electron chi connectivity index (χ2n) is 3.94. The van der Waals surface area contributed by atoms with Crippen molar-refractivity contribution in [3.8, 4) is 0 Å². The van der Waals surface area contributed by atoms with Crippen LogP contribution >= 0.6 is 0 Å². The minimum absolute atomic E-state index is 0.651. The molecule has 0 saturated heterocycles.